The van der Waals surface area contributed by atoms with Crippen molar-refractivity contribution in [3.8, 4) is 11.4 Å². The lowest BCUT2D eigenvalue weighted by molar-refractivity contribution is -0.136. The zero-order chi connectivity index (χ0) is 17.1. The number of tetrazole rings is 1. The van der Waals surface area contributed by atoms with Crippen LogP contribution in [0.3, 0.4) is 0 Å². The Labute approximate surface area is 154 Å². The molecule has 136 valence electrons. The Hall–Kier alpha value is -1.99. The summed E-state index contributed by atoms with van der Waals surface area (Å²) >= 11 is 0. The van der Waals surface area contributed by atoms with Crippen molar-refractivity contribution in [2.75, 3.05) is 13.1 Å². The zero-order valence-corrected chi connectivity index (χ0v) is 15.4. The van der Waals surface area contributed by atoms with E-state index in [0.29, 0.717) is 18.3 Å². The monoisotopic (exact) mass is 364 g/mol. The van der Waals surface area contributed by atoms with Crippen LogP contribution in [0.1, 0.15) is 32.7 Å². The second kappa shape index (κ2) is 8.40. The standard InChI is InChI=1S/C17H24N6O.ClH/c1-12(18)15-9-6-10-22(11-15)17(24)13(2)23-20-16(19-21-23)14-7-4-3-5-8-14;/h3-5,7-8,12-13,15H,6,9-11,18H2,1-2H3;1H. The quantitative estimate of drug-likeness (QED) is 0.894. The molecule has 2 heterocycles. The van der Waals surface area contributed by atoms with Crippen molar-refractivity contribution in [3.63, 3.8) is 0 Å². The van der Waals surface area contributed by atoms with E-state index < -0.39 is 6.04 Å². The first-order valence-electron chi connectivity index (χ1n) is 8.45. The maximum Gasteiger partial charge on any atom is 0.249 e. The van der Waals surface area contributed by atoms with E-state index in [-0.39, 0.29) is 24.4 Å². The molecule has 1 aromatic carbocycles. The summed E-state index contributed by atoms with van der Waals surface area (Å²) in [5.74, 6) is 0.915. The van der Waals surface area contributed by atoms with Crippen LogP contribution in [0.4, 0.5) is 0 Å². The molecule has 8 heteroatoms. The fourth-order valence-corrected chi connectivity index (χ4v) is 3.09. The molecule has 3 rings (SSSR count). The number of hydrogen-bond donors (Lipinski definition) is 1. The Morgan fingerprint density at radius 2 is 2.00 bits per heavy atom. The molecule has 3 atom stereocenters. The molecule has 1 fully saturated rings. The molecule has 2 N–H and O–H groups in total. The lowest BCUT2D eigenvalue weighted by Crippen LogP contribution is -2.47. The van der Waals surface area contributed by atoms with E-state index in [1.807, 2.05) is 49.1 Å². The van der Waals surface area contributed by atoms with E-state index in [2.05, 4.69) is 15.4 Å². The molecule has 3 unspecified atom stereocenters. The number of aromatic nitrogens is 4. The zero-order valence-electron chi connectivity index (χ0n) is 14.6. The van der Waals surface area contributed by atoms with E-state index in [9.17, 15) is 4.79 Å². The summed E-state index contributed by atoms with van der Waals surface area (Å²) < 4.78 is 0. The largest absolute Gasteiger partial charge is 0.340 e. The van der Waals surface area contributed by atoms with Crippen LogP contribution in [-0.2, 0) is 4.79 Å². The number of nitrogens with zero attached hydrogens (tertiary/aromatic N) is 5. The Morgan fingerprint density at radius 3 is 2.68 bits per heavy atom. The van der Waals surface area contributed by atoms with Gasteiger partial charge in [0.2, 0.25) is 11.7 Å². The number of nitrogens with two attached hydrogens (primary N) is 1. The topological polar surface area (TPSA) is 89.9 Å². The van der Waals surface area contributed by atoms with Crippen molar-refractivity contribution in [1.29, 1.82) is 0 Å². The highest BCUT2D eigenvalue weighted by atomic mass is 35.5. The van der Waals surface area contributed by atoms with Crippen molar-refractivity contribution in [2.45, 2.75) is 38.8 Å². The van der Waals surface area contributed by atoms with Gasteiger partial charge in [-0.1, -0.05) is 30.3 Å². The highest BCUT2D eigenvalue weighted by Crippen LogP contribution is 2.21. The van der Waals surface area contributed by atoms with Gasteiger partial charge in [0.1, 0.15) is 6.04 Å². The molecule has 2 aromatic rings. The fraction of sp³-hybridized carbons (Fsp3) is 0.529. The maximum atomic E-state index is 12.8. The van der Waals surface area contributed by atoms with Crippen molar-refractivity contribution in [3.05, 3.63) is 30.3 Å². The minimum Gasteiger partial charge on any atom is -0.340 e. The minimum absolute atomic E-state index is 0. The summed E-state index contributed by atoms with van der Waals surface area (Å²) in [7, 11) is 0. The first-order valence-corrected chi connectivity index (χ1v) is 8.45. The molecular formula is C17H25ClN6O. The first kappa shape index (κ1) is 19.3. The van der Waals surface area contributed by atoms with Crippen molar-refractivity contribution in [1.82, 2.24) is 25.1 Å². The molecule has 0 aliphatic carbocycles. The Kier molecular flexibility index (Phi) is 6.50. The van der Waals surface area contributed by atoms with Gasteiger partial charge in [-0.25, -0.2) is 0 Å². The molecule has 1 aliphatic heterocycles. The molecule has 1 saturated heterocycles. The van der Waals surface area contributed by atoms with Crippen molar-refractivity contribution in [2.24, 2.45) is 11.7 Å². The highest BCUT2D eigenvalue weighted by Gasteiger charge is 2.30. The molecule has 0 saturated carbocycles. The van der Waals surface area contributed by atoms with Crippen LogP contribution in [0, 0.1) is 5.92 Å². The van der Waals surface area contributed by atoms with Crippen LogP contribution in [0.15, 0.2) is 30.3 Å². The van der Waals surface area contributed by atoms with Crippen LogP contribution in [-0.4, -0.2) is 50.1 Å². The average molecular weight is 365 g/mol. The Balaban J connectivity index is 0.00000225. The van der Waals surface area contributed by atoms with Crippen LogP contribution in [0.2, 0.25) is 0 Å². The fourth-order valence-electron chi connectivity index (χ4n) is 3.09. The number of carbonyl (C=O) groups is 1. The molecule has 25 heavy (non-hydrogen) atoms. The Bertz CT molecular complexity index is 689. The minimum atomic E-state index is -0.471. The molecule has 1 aliphatic rings. The van der Waals surface area contributed by atoms with Gasteiger partial charge in [0.15, 0.2) is 0 Å². The third-order valence-electron chi connectivity index (χ3n) is 4.68. The molecule has 0 bridgehead atoms. The number of halogens is 1. The predicted octanol–water partition coefficient (Wildman–Crippen LogP) is 1.91. The number of piperidine rings is 1. The number of hydrogen-bond acceptors (Lipinski definition) is 5. The first-order chi connectivity index (χ1) is 11.6. The SMILES string of the molecule is CC(N)C1CCCN(C(=O)C(C)n2nnc(-c3ccccc3)n2)C1.Cl. The summed E-state index contributed by atoms with van der Waals surface area (Å²) in [5, 5.41) is 12.5. The maximum absolute atomic E-state index is 12.8. The van der Waals surface area contributed by atoms with Gasteiger partial charge in [-0.2, -0.15) is 4.80 Å². The summed E-state index contributed by atoms with van der Waals surface area (Å²) in [6, 6.07) is 9.26. The number of carbonyl (C=O) groups excluding carboxylic acids is 1. The summed E-state index contributed by atoms with van der Waals surface area (Å²) in [6.07, 6.45) is 2.07. The van der Waals surface area contributed by atoms with Gasteiger partial charge in [-0.3, -0.25) is 4.79 Å². The predicted molar refractivity (Wildman–Crippen MR) is 98.2 cm³/mol. The second-order valence-electron chi connectivity index (χ2n) is 6.52. The van der Waals surface area contributed by atoms with E-state index in [1.54, 1.807) is 0 Å². The summed E-state index contributed by atoms with van der Waals surface area (Å²) in [5.41, 5.74) is 6.89. The van der Waals surface area contributed by atoms with Gasteiger partial charge in [-0.05, 0) is 37.8 Å². The van der Waals surface area contributed by atoms with Crippen LogP contribution in [0.25, 0.3) is 11.4 Å². The van der Waals surface area contributed by atoms with Gasteiger partial charge in [0.25, 0.3) is 0 Å². The van der Waals surface area contributed by atoms with Gasteiger partial charge in [0, 0.05) is 24.7 Å². The molecule has 0 radical (unpaired) electrons. The number of amides is 1. The molecule has 7 nitrogen and oxygen atoms in total. The van der Waals surface area contributed by atoms with Gasteiger partial charge >= 0.3 is 0 Å². The summed E-state index contributed by atoms with van der Waals surface area (Å²) in [6.45, 7) is 5.30. The third-order valence-corrected chi connectivity index (χ3v) is 4.68. The third kappa shape index (κ3) is 4.35. The molecule has 1 aromatic heterocycles. The molecule has 1 amide bonds. The normalized spacial score (nSPS) is 19.8. The lowest BCUT2D eigenvalue weighted by Gasteiger charge is -2.35. The van der Waals surface area contributed by atoms with Crippen LogP contribution in [0.5, 0.6) is 0 Å². The number of benzene rings is 1. The summed E-state index contributed by atoms with van der Waals surface area (Å²) in [4.78, 5) is 16.1. The van der Waals surface area contributed by atoms with E-state index in [1.165, 1.54) is 4.80 Å². The molecule has 0 spiro atoms. The van der Waals surface area contributed by atoms with Gasteiger partial charge < -0.3 is 10.6 Å². The second-order valence-corrected chi connectivity index (χ2v) is 6.52. The van der Waals surface area contributed by atoms with Crippen molar-refractivity contribution < 1.29 is 4.79 Å². The van der Waals surface area contributed by atoms with E-state index >= 15 is 0 Å². The molecular weight excluding hydrogens is 340 g/mol. The smallest absolute Gasteiger partial charge is 0.249 e. The van der Waals surface area contributed by atoms with Crippen LogP contribution >= 0.6 is 12.4 Å². The van der Waals surface area contributed by atoms with E-state index in [4.69, 9.17) is 5.73 Å². The average Bonchev–Trinajstić information content (AvgIpc) is 3.11. The van der Waals surface area contributed by atoms with E-state index in [0.717, 1.165) is 24.9 Å². The van der Waals surface area contributed by atoms with Crippen LogP contribution < -0.4 is 5.73 Å². The van der Waals surface area contributed by atoms with Gasteiger partial charge in [0.05, 0.1) is 0 Å². The lowest BCUT2D eigenvalue weighted by atomic mass is 9.92. The number of rotatable bonds is 4. The van der Waals surface area contributed by atoms with Gasteiger partial charge in [-0.15, -0.1) is 22.6 Å². The number of likely N-dealkylation sites (tertiary alicyclic amines) is 1. The van der Waals surface area contributed by atoms with Crippen molar-refractivity contribution >= 4 is 18.3 Å². The Morgan fingerprint density at radius 1 is 1.28 bits per heavy atom. The highest BCUT2D eigenvalue weighted by molar-refractivity contribution is 5.85.